The van der Waals surface area contributed by atoms with Crippen molar-refractivity contribution < 1.29 is 14.6 Å². The minimum Gasteiger partial charge on any atom is -0.507 e. The third-order valence-corrected chi connectivity index (χ3v) is 3.77. The number of ether oxygens (including phenoxy) is 1. The summed E-state index contributed by atoms with van der Waals surface area (Å²) in [6, 6.07) is 4.56. The van der Waals surface area contributed by atoms with Gasteiger partial charge in [0.15, 0.2) is 0 Å². The van der Waals surface area contributed by atoms with E-state index >= 15 is 0 Å². The Kier molecular flexibility index (Phi) is 4.66. The zero-order valence-corrected chi connectivity index (χ0v) is 11.6. The van der Waals surface area contributed by atoms with Gasteiger partial charge < -0.3 is 15.2 Å². The summed E-state index contributed by atoms with van der Waals surface area (Å²) in [6.45, 7) is 3.48. The minimum absolute atomic E-state index is 0.0616. The molecule has 1 unspecified atom stereocenters. The Hall–Kier alpha value is -1.26. The van der Waals surface area contributed by atoms with Gasteiger partial charge in [0.05, 0.1) is 5.56 Å². The Bertz CT molecular complexity index is 458. The fourth-order valence-corrected chi connectivity index (χ4v) is 2.48. The van der Waals surface area contributed by atoms with Gasteiger partial charge in [-0.3, -0.25) is 4.79 Å². The normalized spacial score (nSPS) is 18.0. The lowest BCUT2D eigenvalue weighted by molar-refractivity contribution is 0.0538. The first-order valence-electron chi connectivity index (χ1n) is 6.45. The summed E-state index contributed by atoms with van der Waals surface area (Å²) in [5.74, 6) is 0.0597. The van der Waals surface area contributed by atoms with Gasteiger partial charge in [-0.15, -0.1) is 0 Å². The molecule has 1 aromatic carbocycles. The molecule has 5 heteroatoms. The first kappa shape index (κ1) is 14.2. The number of hydrogen-bond donors (Lipinski definition) is 2. The molecule has 0 aromatic heterocycles. The smallest absolute Gasteiger partial charge is 0.255 e. The maximum absolute atomic E-state index is 12.1. The molecule has 2 N–H and O–H groups in total. The maximum Gasteiger partial charge on any atom is 0.255 e. The van der Waals surface area contributed by atoms with Crippen LogP contribution in [0.25, 0.3) is 0 Å². The molecule has 0 aliphatic carbocycles. The second kappa shape index (κ2) is 6.26. The standard InChI is InChI=1S/C14H18ClNO3/c1-9(10-4-6-19-7-5-10)16-14(18)12-3-2-11(15)8-13(12)17/h2-3,8-10,17H,4-7H2,1H3,(H,16,18). The summed E-state index contributed by atoms with van der Waals surface area (Å²) in [6.07, 6.45) is 1.90. The monoisotopic (exact) mass is 283 g/mol. The number of hydrogen-bond acceptors (Lipinski definition) is 3. The SMILES string of the molecule is CC(NC(=O)c1ccc(Cl)cc1O)C1CCOCC1. The van der Waals surface area contributed by atoms with Crippen molar-refractivity contribution in [1.82, 2.24) is 5.32 Å². The number of nitrogens with one attached hydrogen (secondary N) is 1. The summed E-state index contributed by atoms with van der Waals surface area (Å²) >= 11 is 5.74. The van der Waals surface area contributed by atoms with E-state index in [9.17, 15) is 9.90 Å². The van der Waals surface area contributed by atoms with Gasteiger partial charge in [0.2, 0.25) is 0 Å². The van der Waals surface area contributed by atoms with Crippen molar-refractivity contribution in [2.24, 2.45) is 5.92 Å². The summed E-state index contributed by atoms with van der Waals surface area (Å²) in [7, 11) is 0. The molecule has 1 heterocycles. The number of phenols is 1. The van der Waals surface area contributed by atoms with Gasteiger partial charge >= 0.3 is 0 Å². The molecule has 19 heavy (non-hydrogen) atoms. The van der Waals surface area contributed by atoms with Crippen molar-refractivity contribution in [3.8, 4) is 5.75 Å². The Morgan fingerprint density at radius 1 is 1.47 bits per heavy atom. The first-order chi connectivity index (χ1) is 9.08. The number of benzene rings is 1. The number of amides is 1. The third-order valence-electron chi connectivity index (χ3n) is 3.54. The fraction of sp³-hybridized carbons (Fsp3) is 0.500. The molecule has 1 aliphatic heterocycles. The molecule has 0 saturated carbocycles. The molecule has 1 aliphatic rings. The van der Waals surface area contributed by atoms with Gasteiger partial charge in [-0.05, 0) is 43.9 Å². The van der Waals surface area contributed by atoms with E-state index in [2.05, 4.69) is 5.32 Å². The van der Waals surface area contributed by atoms with Crippen LogP contribution in [0.5, 0.6) is 5.75 Å². The van der Waals surface area contributed by atoms with Gasteiger partial charge in [0.25, 0.3) is 5.91 Å². The van der Waals surface area contributed by atoms with E-state index in [0.29, 0.717) is 10.9 Å². The van der Waals surface area contributed by atoms with Crippen molar-refractivity contribution in [2.75, 3.05) is 13.2 Å². The first-order valence-corrected chi connectivity index (χ1v) is 6.83. The van der Waals surface area contributed by atoms with Crippen LogP contribution >= 0.6 is 11.6 Å². The summed E-state index contributed by atoms with van der Waals surface area (Å²) in [5.41, 5.74) is 0.253. The molecule has 1 fully saturated rings. The van der Waals surface area contributed by atoms with E-state index < -0.39 is 0 Å². The molecule has 1 atom stereocenters. The molecular formula is C14H18ClNO3. The number of phenolic OH excluding ortho intramolecular Hbond substituents is 1. The van der Waals surface area contributed by atoms with E-state index in [4.69, 9.17) is 16.3 Å². The van der Waals surface area contributed by atoms with Crippen molar-refractivity contribution in [1.29, 1.82) is 0 Å². The van der Waals surface area contributed by atoms with Crippen LogP contribution in [0.15, 0.2) is 18.2 Å². The zero-order valence-electron chi connectivity index (χ0n) is 10.9. The molecule has 0 bridgehead atoms. The van der Waals surface area contributed by atoms with Crippen LogP contribution in [0.3, 0.4) is 0 Å². The second-order valence-electron chi connectivity index (χ2n) is 4.87. The van der Waals surface area contributed by atoms with Crippen LogP contribution in [0.4, 0.5) is 0 Å². The molecule has 1 aromatic rings. The van der Waals surface area contributed by atoms with Gasteiger partial charge in [-0.1, -0.05) is 11.6 Å². The number of rotatable bonds is 3. The predicted molar refractivity (Wildman–Crippen MR) is 73.6 cm³/mol. The van der Waals surface area contributed by atoms with Gasteiger partial charge in [0.1, 0.15) is 5.75 Å². The Morgan fingerprint density at radius 2 is 2.16 bits per heavy atom. The van der Waals surface area contributed by atoms with Crippen LogP contribution in [-0.4, -0.2) is 30.3 Å². The molecule has 1 amide bonds. The highest BCUT2D eigenvalue weighted by Crippen LogP contribution is 2.23. The molecule has 4 nitrogen and oxygen atoms in total. The molecule has 2 rings (SSSR count). The minimum atomic E-state index is -0.270. The second-order valence-corrected chi connectivity index (χ2v) is 5.31. The van der Waals surface area contributed by atoms with E-state index in [0.717, 1.165) is 26.1 Å². The quantitative estimate of drug-likeness (QED) is 0.896. The van der Waals surface area contributed by atoms with Gasteiger partial charge in [0, 0.05) is 24.3 Å². The number of halogens is 1. The van der Waals surface area contributed by atoms with Crippen molar-refractivity contribution in [3.63, 3.8) is 0 Å². The maximum atomic E-state index is 12.1. The van der Waals surface area contributed by atoms with Crippen molar-refractivity contribution in [3.05, 3.63) is 28.8 Å². The summed E-state index contributed by atoms with van der Waals surface area (Å²) < 4.78 is 5.30. The third kappa shape index (κ3) is 3.61. The van der Waals surface area contributed by atoms with Crippen LogP contribution < -0.4 is 5.32 Å². The predicted octanol–water partition coefficient (Wildman–Crippen LogP) is 2.59. The van der Waals surface area contributed by atoms with Crippen LogP contribution in [0, 0.1) is 5.92 Å². The number of aromatic hydroxyl groups is 1. The summed E-state index contributed by atoms with van der Waals surface area (Å²) in [4.78, 5) is 12.1. The largest absolute Gasteiger partial charge is 0.507 e. The average Bonchev–Trinajstić information content (AvgIpc) is 2.39. The number of carbonyl (C=O) groups is 1. The Balaban J connectivity index is 1.99. The zero-order chi connectivity index (χ0) is 13.8. The lowest BCUT2D eigenvalue weighted by Gasteiger charge is -2.28. The topological polar surface area (TPSA) is 58.6 Å². The molecule has 0 spiro atoms. The van der Waals surface area contributed by atoms with Crippen LogP contribution in [0.1, 0.15) is 30.1 Å². The highest BCUT2D eigenvalue weighted by Gasteiger charge is 2.23. The van der Waals surface area contributed by atoms with E-state index in [1.165, 1.54) is 12.1 Å². The van der Waals surface area contributed by atoms with Crippen LogP contribution in [0.2, 0.25) is 5.02 Å². The number of carbonyl (C=O) groups excluding carboxylic acids is 1. The molecule has 0 radical (unpaired) electrons. The Labute approximate surface area is 117 Å². The average molecular weight is 284 g/mol. The molecule has 1 saturated heterocycles. The van der Waals surface area contributed by atoms with E-state index in [1.54, 1.807) is 6.07 Å². The Morgan fingerprint density at radius 3 is 2.79 bits per heavy atom. The van der Waals surface area contributed by atoms with E-state index in [-0.39, 0.29) is 23.3 Å². The van der Waals surface area contributed by atoms with Gasteiger partial charge in [-0.2, -0.15) is 0 Å². The highest BCUT2D eigenvalue weighted by atomic mass is 35.5. The van der Waals surface area contributed by atoms with Crippen molar-refractivity contribution >= 4 is 17.5 Å². The lowest BCUT2D eigenvalue weighted by Crippen LogP contribution is -2.40. The van der Waals surface area contributed by atoms with Crippen LogP contribution in [-0.2, 0) is 4.74 Å². The van der Waals surface area contributed by atoms with E-state index in [1.807, 2.05) is 6.92 Å². The van der Waals surface area contributed by atoms with Crippen molar-refractivity contribution in [2.45, 2.75) is 25.8 Å². The molecular weight excluding hydrogens is 266 g/mol. The highest BCUT2D eigenvalue weighted by molar-refractivity contribution is 6.30. The lowest BCUT2D eigenvalue weighted by atomic mass is 9.93. The van der Waals surface area contributed by atoms with Gasteiger partial charge in [-0.25, -0.2) is 0 Å². The summed E-state index contributed by atoms with van der Waals surface area (Å²) in [5, 5.41) is 13.1. The fourth-order valence-electron chi connectivity index (χ4n) is 2.32. The molecule has 104 valence electrons.